The van der Waals surface area contributed by atoms with E-state index in [0.717, 1.165) is 0 Å². The standard InChI is InChI=1S/C10H10O3/c1-7(11)9-5-3-2-4-8(9)6-10(12)13/h2-5H,6H2,1H3,(H,12,13)/p-1. The van der Waals surface area contributed by atoms with Crippen molar-refractivity contribution >= 4 is 11.8 Å². The molecule has 0 N–H and O–H groups in total. The summed E-state index contributed by atoms with van der Waals surface area (Å²) in [5.41, 5.74) is 0.960. The van der Waals surface area contributed by atoms with Gasteiger partial charge in [0.1, 0.15) is 0 Å². The maximum absolute atomic E-state index is 11.0. The molecule has 0 heterocycles. The van der Waals surface area contributed by atoms with E-state index < -0.39 is 5.97 Å². The van der Waals surface area contributed by atoms with Crippen molar-refractivity contribution in [2.24, 2.45) is 0 Å². The number of carboxylic acids is 1. The Morgan fingerprint density at radius 3 is 2.46 bits per heavy atom. The Labute approximate surface area is 76.0 Å². The molecule has 0 spiro atoms. The lowest BCUT2D eigenvalue weighted by Crippen LogP contribution is -2.25. The largest absolute Gasteiger partial charge is 0.550 e. The Morgan fingerprint density at radius 1 is 1.31 bits per heavy atom. The predicted molar refractivity (Wildman–Crippen MR) is 45.2 cm³/mol. The Hall–Kier alpha value is -1.64. The van der Waals surface area contributed by atoms with Crippen LogP contribution in [0.3, 0.4) is 0 Å². The summed E-state index contributed by atoms with van der Waals surface area (Å²) in [6, 6.07) is 6.63. The summed E-state index contributed by atoms with van der Waals surface area (Å²) < 4.78 is 0. The fourth-order valence-electron chi connectivity index (χ4n) is 1.17. The van der Waals surface area contributed by atoms with Crippen LogP contribution in [0.1, 0.15) is 22.8 Å². The van der Waals surface area contributed by atoms with Crippen molar-refractivity contribution in [2.75, 3.05) is 0 Å². The lowest BCUT2D eigenvalue weighted by molar-refractivity contribution is -0.304. The van der Waals surface area contributed by atoms with Crippen LogP contribution in [-0.4, -0.2) is 11.8 Å². The molecule has 0 atom stereocenters. The van der Waals surface area contributed by atoms with Gasteiger partial charge in [-0.05, 0) is 12.5 Å². The minimum Gasteiger partial charge on any atom is -0.550 e. The molecular weight excluding hydrogens is 168 g/mol. The quantitative estimate of drug-likeness (QED) is 0.619. The van der Waals surface area contributed by atoms with E-state index in [4.69, 9.17) is 0 Å². The first-order valence-electron chi connectivity index (χ1n) is 3.90. The van der Waals surface area contributed by atoms with E-state index >= 15 is 0 Å². The smallest absolute Gasteiger partial charge is 0.160 e. The summed E-state index contributed by atoms with van der Waals surface area (Å²) in [5.74, 6) is -1.30. The molecule has 1 aromatic carbocycles. The minimum atomic E-state index is -1.17. The summed E-state index contributed by atoms with van der Waals surface area (Å²) in [5, 5.41) is 10.3. The zero-order chi connectivity index (χ0) is 9.84. The van der Waals surface area contributed by atoms with E-state index in [9.17, 15) is 14.7 Å². The molecule has 1 aromatic rings. The maximum atomic E-state index is 11.0. The minimum absolute atomic E-state index is 0.128. The summed E-state index contributed by atoms with van der Waals surface area (Å²) in [7, 11) is 0. The van der Waals surface area contributed by atoms with Crippen LogP contribution in [0.15, 0.2) is 24.3 Å². The Bertz CT molecular complexity index is 342. The van der Waals surface area contributed by atoms with Gasteiger partial charge in [-0.3, -0.25) is 4.79 Å². The molecule has 0 aromatic heterocycles. The third kappa shape index (κ3) is 2.40. The molecule has 0 aliphatic rings. The van der Waals surface area contributed by atoms with Gasteiger partial charge in [0.25, 0.3) is 0 Å². The Morgan fingerprint density at radius 2 is 1.92 bits per heavy atom. The second-order valence-corrected chi connectivity index (χ2v) is 2.76. The van der Waals surface area contributed by atoms with Gasteiger partial charge < -0.3 is 9.90 Å². The molecule has 0 amide bonds. The molecule has 0 aliphatic heterocycles. The highest BCUT2D eigenvalue weighted by molar-refractivity contribution is 5.96. The molecule has 0 fully saturated rings. The van der Waals surface area contributed by atoms with Gasteiger partial charge in [-0.1, -0.05) is 24.3 Å². The molecule has 0 saturated heterocycles. The van der Waals surface area contributed by atoms with Gasteiger partial charge in [0.15, 0.2) is 5.78 Å². The van der Waals surface area contributed by atoms with Crippen molar-refractivity contribution < 1.29 is 14.7 Å². The second-order valence-electron chi connectivity index (χ2n) is 2.76. The van der Waals surface area contributed by atoms with Crippen LogP contribution in [0.2, 0.25) is 0 Å². The second kappa shape index (κ2) is 3.85. The average molecular weight is 177 g/mol. The van der Waals surface area contributed by atoms with Gasteiger partial charge in [-0.2, -0.15) is 0 Å². The third-order valence-electron chi connectivity index (χ3n) is 1.73. The molecule has 1 rings (SSSR count). The number of hydrogen-bond donors (Lipinski definition) is 0. The number of Topliss-reactive ketones (excluding diaryl/α,β-unsaturated/α-hetero) is 1. The number of benzene rings is 1. The highest BCUT2D eigenvalue weighted by Gasteiger charge is 2.05. The number of ketones is 1. The van der Waals surface area contributed by atoms with E-state index in [1.54, 1.807) is 24.3 Å². The first kappa shape index (κ1) is 9.45. The maximum Gasteiger partial charge on any atom is 0.160 e. The molecule has 0 bridgehead atoms. The first-order chi connectivity index (χ1) is 6.11. The summed E-state index contributed by atoms with van der Waals surface area (Å²) >= 11 is 0. The van der Waals surface area contributed by atoms with Crippen molar-refractivity contribution in [3.8, 4) is 0 Å². The van der Waals surface area contributed by atoms with Crippen LogP contribution in [0.5, 0.6) is 0 Å². The van der Waals surface area contributed by atoms with E-state index in [1.807, 2.05) is 0 Å². The molecule has 68 valence electrons. The molecule has 3 heteroatoms. The van der Waals surface area contributed by atoms with Crippen LogP contribution in [-0.2, 0) is 11.2 Å². The van der Waals surface area contributed by atoms with E-state index in [-0.39, 0.29) is 12.2 Å². The van der Waals surface area contributed by atoms with Gasteiger partial charge in [-0.15, -0.1) is 0 Å². The SMILES string of the molecule is CC(=O)c1ccccc1CC(=O)[O-]. The number of aliphatic carboxylic acids is 1. The number of carbonyl (C=O) groups is 2. The highest BCUT2D eigenvalue weighted by Crippen LogP contribution is 2.09. The highest BCUT2D eigenvalue weighted by atomic mass is 16.4. The van der Waals surface area contributed by atoms with Crippen LogP contribution >= 0.6 is 0 Å². The van der Waals surface area contributed by atoms with Gasteiger partial charge in [0.2, 0.25) is 0 Å². The summed E-state index contributed by atoms with van der Waals surface area (Å²) in [4.78, 5) is 21.4. The van der Waals surface area contributed by atoms with Gasteiger partial charge in [0.05, 0.1) is 0 Å². The zero-order valence-electron chi connectivity index (χ0n) is 7.24. The monoisotopic (exact) mass is 177 g/mol. The fraction of sp³-hybridized carbons (Fsp3) is 0.200. The van der Waals surface area contributed by atoms with Crippen molar-refractivity contribution in [1.29, 1.82) is 0 Å². The molecule has 3 nitrogen and oxygen atoms in total. The molecule has 0 saturated carbocycles. The number of rotatable bonds is 3. The van der Waals surface area contributed by atoms with Crippen LogP contribution < -0.4 is 5.11 Å². The molecule has 13 heavy (non-hydrogen) atoms. The molecular formula is C10H9O3-. The average Bonchev–Trinajstić information content (AvgIpc) is 2.03. The number of carbonyl (C=O) groups excluding carboxylic acids is 2. The van der Waals surface area contributed by atoms with Crippen molar-refractivity contribution in [1.82, 2.24) is 0 Å². The number of hydrogen-bond acceptors (Lipinski definition) is 3. The van der Waals surface area contributed by atoms with Crippen LogP contribution in [0, 0.1) is 0 Å². The Balaban J connectivity index is 3.04. The Kier molecular flexibility index (Phi) is 2.80. The topological polar surface area (TPSA) is 57.2 Å². The summed E-state index contributed by atoms with van der Waals surface area (Å²) in [6.07, 6.45) is -0.213. The van der Waals surface area contributed by atoms with Crippen molar-refractivity contribution in [3.05, 3.63) is 35.4 Å². The number of carboxylic acid groups (broad SMARTS) is 1. The lowest BCUT2D eigenvalue weighted by atomic mass is 10.0. The molecule has 0 radical (unpaired) electrons. The third-order valence-corrected chi connectivity index (χ3v) is 1.73. The van der Waals surface area contributed by atoms with E-state index in [1.165, 1.54) is 6.92 Å². The van der Waals surface area contributed by atoms with Gasteiger partial charge in [-0.25, -0.2) is 0 Å². The van der Waals surface area contributed by atoms with Gasteiger partial charge in [0, 0.05) is 18.0 Å². The van der Waals surface area contributed by atoms with E-state index in [0.29, 0.717) is 11.1 Å². The molecule has 0 aliphatic carbocycles. The lowest BCUT2D eigenvalue weighted by Gasteiger charge is -2.06. The fourth-order valence-corrected chi connectivity index (χ4v) is 1.17. The van der Waals surface area contributed by atoms with Crippen molar-refractivity contribution in [3.63, 3.8) is 0 Å². The normalized spacial score (nSPS) is 9.62. The van der Waals surface area contributed by atoms with Crippen LogP contribution in [0.4, 0.5) is 0 Å². The zero-order valence-corrected chi connectivity index (χ0v) is 7.24. The van der Waals surface area contributed by atoms with Crippen LogP contribution in [0.25, 0.3) is 0 Å². The van der Waals surface area contributed by atoms with Gasteiger partial charge >= 0.3 is 0 Å². The first-order valence-corrected chi connectivity index (χ1v) is 3.90. The van der Waals surface area contributed by atoms with Crippen molar-refractivity contribution in [2.45, 2.75) is 13.3 Å². The molecule has 0 unspecified atom stereocenters. The van der Waals surface area contributed by atoms with E-state index in [2.05, 4.69) is 0 Å². The predicted octanol–water partition coefficient (Wildman–Crippen LogP) is 0.182. The summed E-state index contributed by atoms with van der Waals surface area (Å²) in [6.45, 7) is 1.41.